The zero-order valence-electron chi connectivity index (χ0n) is 19.3. The summed E-state index contributed by atoms with van der Waals surface area (Å²) in [5.41, 5.74) is 9.04. The molecule has 1 aromatic carbocycles. The van der Waals surface area contributed by atoms with E-state index >= 15 is 0 Å². The Labute approximate surface area is 201 Å². The van der Waals surface area contributed by atoms with Gasteiger partial charge in [0.25, 0.3) is 5.56 Å². The first-order valence-electron chi connectivity index (χ1n) is 11.6. The zero-order chi connectivity index (χ0) is 24.5. The summed E-state index contributed by atoms with van der Waals surface area (Å²) in [4.78, 5) is 26.6. The number of aromatic nitrogens is 3. The van der Waals surface area contributed by atoms with Crippen LogP contribution in [0.5, 0.6) is 0 Å². The highest BCUT2D eigenvalue weighted by Gasteiger charge is 2.18. The van der Waals surface area contributed by atoms with Gasteiger partial charge >= 0.3 is 0 Å². The summed E-state index contributed by atoms with van der Waals surface area (Å²) in [6, 6.07) is 11.6. The summed E-state index contributed by atoms with van der Waals surface area (Å²) in [5.74, 6) is 0.114. The van der Waals surface area contributed by atoms with Crippen molar-refractivity contribution in [2.75, 3.05) is 23.3 Å². The van der Waals surface area contributed by atoms with Crippen molar-refractivity contribution < 1.29 is 9.50 Å². The minimum atomic E-state index is -0.425. The van der Waals surface area contributed by atoms with E-state index in [1.807, 2.05) is 19.1 Å². The maximum atomic E-state index is 14.8. The van der Waals surface area contributed by atoms with Crippen molar-refractivity contribution >= 4 is 28.1 Å². The van der Waals surface area contributed by atoms with E-state index in [0.717, 1.165) is 37.2 Å². The molecule has 0 spiro atoms. The molecule has 1 unspecified atom stereocenters. The number of piperidine rings is 1. The molecule has 1 saturated heterocycles. The third kappa shape index (κ3) is 4.73. The van der Waals surface area contributed by atoms with Gasteiger partial charge < -0.3 is 26.0 Å². The van der Waals surface area contributed by atoms with Crippen molar-refractivity contribution in [2.45, 2.75) is 31.9 Å². The second-order valence-electron chi connectivity index (χ2n) is 8.89. The smallest absolute Gasteiger partial charge is 0.259 e. The second kappa shape index (κ2) is 9.44. The number of pyridine rings is 3. The van der Waals surface area contributed by atoms with Gasteiger partial charge in [-0.05, 0) is 61.7 Å². The molecule has 9 heteroatoms. The number of halogens is 1. The van der Waals surface area contributed by atoms with Gasteiger partial charge in [-0.2, -0.15) is 0 Å². The molecule has 1 aliphatic rings. The number of hydrogen-bond acceptors (Lipinski definition) is 7. The Kier molecular flexibility index (Phi) is 6.19. The van der Waals surface area contributed by atoms with Crippen molar-refractivity contribution in [3.05, 3.63) is 76.6 Å². The lowest BCUT2D eigenvalue weighted by Gasteiger charge is -2.31. The number of nitrogens with zero attached hydrogens (tertiary/aromatic N) is 3. The van der Waals surface area contributed by atoms with E-state index < -0.39 is 5.82 Å². The number of H-pyrrole nitrogens is 1. The van der Waals surface area contributed by atoms with Gasteiger partial charge in [0.05, 0.1) is 40.3 Å². The first-order chi connectivity index (χ1) is 16.9. The van der Waals surface area contributed by atoms with Gasteiger partial charge in [0, 0.05) is 30.9 Å². The molecule has 1 aliphatic heterocycles. The Morgan fingerprint density at radius 3 is 2.71 bits per heavy atom. The van der Waals surface area contributed by atoms with E-state index in [4.69, 9.17) is 5.73 Å². The predicted octanol–water partition coefficient (Wildman–Crippen LogP) is 3.85. The van der Waals surface area contributed by atoms with Gasteiger partial charge in [0.15, 0.2) is 0 Å². The van der Waals surface area contributed by atoms with E-state index in [1.54, 1.807) is 30.5 Å². The minimum absolute atomic E-state index is 0.244. The Bertz CT molecular complexity index is 1410. The number of nitrogens with two attached hydrogens (primary N) is 1. The Hall–Kier alpha value is -3.82. The van der Waals surface area contributed by atoms with Crippen LogP contribution in [0.2, 0.25) is 0 Å². The monoisotopic (exact) mass is 474 g/mol. The molecule has 5 N–H and O–H groups in total. The number of fused-ring (bicyclic) bond motifs is 1. The number of aliphatic hydroxyl groups is 1. The number of aliphatic hydroxyl groups excluding tert-OH is 1. The van der Waals surface area contributed by atoms with Gasteiger partial charge in [0.1, 0.15) is 11.6 Å². The summed E-state index contributed by atoms with van der Waals surface area (Å²) in [6.07, 6.45) is 4.50. The average molecular weight is 475 g/mol. The van der Waals surface area contributed by atoms with Gasteiger partial charge in [-0.1, -0.05) is 6.07 Å². The van der Waals surface area contributed by atoms with E-state index in [9.17, 15) is 14.3 Å². The van der Waals surface area contributed by atoms with Crippen LogP contribution in [-0.2, 0) is 0 Å². The molecular weight excluding hydrogens is 447 g/mol. The largest absolute Gasteiger partial charge is 0.393 e. The molecule has 0 aliphatic carbocycles. The standard InChI is InChI=1S/C26H27FN6O2/c1-15(28)16-2-4-20(27)19(12-16)22-13-23(25-21(31-22)6-9-29-26(25)35)32-24-5-3-17(14-30-24)33-10-7-18(34)8-11-33/h2-6,9,12-15,18,34H,7-8,10-11,28H2,1H3,(H,29,35)(H,30,31,32). The normalized spacial score (nSPS) is 15.4. The topological polar surface area (TPSA) is 120 Å². The first-order valence-corrected chi connectivity index (χ1v) is 11.6. The third-order valence-electron chi connectivity index (χ3n) is 6.36. The Balaban J connectivity index is 1.53. The van der Waals surface area contributed by atoms with Crippen LogP contribution in [0.25, 0.3) is 22.2 Å². The molecule has 1 fully saturated rings. The van der Waals surface area contributed by atoms with Crippen LogP contribution in [-0.4, -0.2) is 39.3 Å². The van der Waals surface area contributed by atoms with Gasteiger partial charge in [0.2, 0.25) is 0 Å². The van der Waals surface area contributed by atoms with Crippen LogP contribution >= 0.6 is 0 Å². The predicted molar refractivity (Wildman–Crippen MR) is 135 cm³/mol. The van der Waals surface area contributed by atoms with E-state index in [1.165, 1.54) is 12.3 Å². The van der Waals surface area contributed by atoms with E-state index in [0.29, 0.717) is 33.7 Å². The Morgan fingerprint density at radius 1 is 1.20 bits per heavy atom. The quantitative estimate of drug-likeness (QED) is 0.347. The summed E-state index contributed by atoms with van der Waals surface area (Å²) in [7, 11) is 0. The van der Waals surface area contributed by atoms with Gasteiger partial charge in [-0.15, -0.1) is 0 Å². The molecule has 0 bridgehead atoms. The molecule has 180 valence electrons. The van der Waals surface area contributed by atoms with Crippen molar-refractivity contribution in [1.82, 2.24) is 15.0 Å². The zero-order valence-corrected chi connectivity index (χ0v) is 19.3. The van der Waals surface area contributed by atoms with Crippen LogP contribution in [0.3, 0.4) is 0 Å². The summed E-state index contributed by atoms with van der Waals surface area (Å²) in [5, 5.41) is 13.3. The molecule has 0 amide bonds. The van der Waals surface area contributed by atoms with Crippen LogP contribution < -0.4 is 21.5 Å². The van der Waals surface area contributed by atoms with Crippen molar-refractivity contribution in [1.29, 1.82) is 0 Å². The lowest BCUT2D eigenvalue weighted by atomic mass is 10.0. The van der Waals surface area contributed by atoms with Crippen LogP contribution in [0.15, 0.2) is 59.7 Å². The SMILES string of the molecule is CC(N)c1ccc(F)c(-c2cc(Nc3ccc(N4CCC(O)CC4)cn3)c3c(=O)[nH]ccc3n2)c1. The molecular formula is C26H27FN6O2. The maximum Gasteiger partial charge on any atom is 0.259 e. The first kappa shape index (κ1) is 22.9. The highest BCUT2D eigenvalue weighted by atomic mass is 19.1. The van der Waals surface area contributed by atoms with E-state index in [-0.39, 0.29) is 17.7 Å². The summed E-state index contributed by atoms with van der Waals surface area (Å²) < 4.78 is 14.8. The highest BCUT2D eigenvalue weighted by molar-refractivity contribution is 5.94. The molecule has 1 atom stereocenters. The molecule has 4 heterocycles. The fourth-order valence-electron chi connectivity index (χ4n) is 4.36. The number of rotatable bonds is 5. The molecule has 0 radical (unpaired) electrons. The lowest BCUT2D eigenvalue weighted by Crippen LogP contribution is -2.35. The van der Waals surface area contributed by atoms with Crippen LogP contribution in [0.4, 0.5) is 21.6 Å². The lowest BCUT2D eigenvalue weighted by molar-refractivity contribution is 0.145. The van der Waals surface area contributed by atoms with Crippen molar-refractivity contribution in [3.63, 3.8) is 0 Å². The summed E-state index contributed by atoms with van der Waals surface area (Å²) in [6.45, 7) is 3.38. The summed E-state index contributed by atoms with van der Waals surface area (Å²) >= 11 is 0. The fraction of sp³-hybridized carbons (Fsp3) is 0.269. The number of benzene rings is 1. The molecule has 3 aromatic heterocycles. The second-order valence-corrected chi connectivity index (χ2v) is 8.89. The van der Waals surface area contributed by atoms with Gasteiger partial charge in [-0.3, -0.25) is 4.79 Å². The van der Waals surface area contributed by atoms with E-state index in [2.05, 4.69) is 25.2 Å². The number of nitrogens with one attached hydrogen (secondary N) is 2. The Morgan fingerprint density at radius 2 is 2.00 bits per heavy atom. The van der Waals surface area contributed by atoms with Crippen molar-refractivity contribution in [2.24, 2.45) is 5.73 Å². The third-order valence-corrected chi connectivity index (χ3v) is 6.36. The average Bonchev–Trinajstić information content (AvgIpc) is 2.85. The maximum absolute atomic E-state index is 14.8. The van der Waals surface area contributed by atoms with Crippen LogP contribution in [0, 0.1) is 5.82 Å². The fourth-order valence-corrected chi connectivity index (χ4v) is 4.36. The van der Waals surface area contributed by atoms with Gasteiger partial charge in [-0.25, -0.2) is 14.4 Å². The minimum Gasteiger partial charge on any atom is -0.393 e. The number of aromatic amines is 1. The molecule has 0 saturated carbocycles. The molecule has 8 nitrogen and oxygen atoms in total. The molecule has 35 heavy (non-hydrogen) atoms. The van der Waals surface area contributed by atoms with Crippen LogP contribution in [0.1, 0.15) is 31.4 Å². The number of hydrogen-bond donors (Lipinski definition) is 4. The number of anilines is 3. The highest BCUT2D eigenvalue weighted by Crippen LogP contribution is 2.31. The van der Waals surface area contributed by atoms with Crippen molar-refractivity contribution in [3.8, 4) is 11.3 Å². The molecule has 5 rings (SSSR count). The molecule has 4 aromatic rings.